The van der Waals surface area contributed by atoms with E-state index in [1.54, 1.807) is 4.90 Å². The highest BCUT2D eigenvalue weighted by atomic mass is 32.1. The van der Waals surface area contributed by atoms with E-state index in [9.17, 15) is 18.0 Å². The lowest BCUT2D eigenvalue weighted by atomic mass is 9.98. The standard InChI is InChI=1S/C15H22F3N3O2S/c1-14(2,3)23-13(22)21-6-4-5-10(9-21)7-19-12-20-8-11(24-12)15(16,17)18/h8,10H,4-7,9H2,1-3H3,(H,19,20). The molecule has 1 N–H and O–H groups in total. The summed E-state index contributed by atoms with van der Waals surface area (Å²) in [7, 11) is 0. The fraction of sp³-hybridized carbons (Fsp3) is 0.733. The average Bonchev–Trinajstić information content (AvgIpc) is 2.92. The molecule has 1 aromatic rings. The Kier molecular flexibility index (Phi) is 5.62. The summed E-state index contributed by atoms with van der Waals surface area (Å²) < 4.78 is 43.0. The molecule has 0 aromatic carbocycles. The summed E-state index contributed by atoms with van der Waals surface area (Å²) >= 11 is 0.591. The summed E-state index contributed by atoms with van der Waals surface area (Å²) in [4.78, 5) is 16.8. The summed E-state index contributed by atoms with van der Waals surface area (Å²) in [6.07, 6.45) is -2.13. The molecule has 1 atom stereocenters. The summed E-state index contributed by atoms with van der Waals surface area (Å²) in [5, 5.41) is 3.19. The van der Waals surface area contributed by atoms with Crippen LogP contribution >= 0.6 is 11.3 Å². The Morgan fingerprint density at radius 2 is 2.17 bits per heavy atom. The minimum atomic E-state index is -4.37. The van der Waals surface area contributed by atoms with Crippen molar-refractivity contribution in [3.63, 3.8) is 0 Å². The minimum Gasteiger partial charge on any atom is -0.444 e. The predicted molar refractivity (Wildman–Crippen MR) is 86.1 cm³/mol. The second-order valence-electron chi connectivity index (χ2n) is 6.84. The maximum atomic E-state index is 12.6. The quantitative estimate of drug-likeness (QED) is 0.871. The van der Waals surface area contributed by atoms with Crippen LogP contribution in [0.2, 0.25) is 0 Å². The first kappa shape index (κ1) is 18.8. The number of carbonyl (C=O) groups excluding carboxylic acids is 1. The highest BCUT2D eigenvalue weighted by Crippen LogP contribution is 2.35. The number of carbonyl (C=O) groups is 1. The average molecular weight is 365 g/mol. The van der Waals surface area contributed by atoms with E-state index in [2.05, 4.69) is 10.3 Å². The molecule has 2 heterocycles. The first-order valence-electron chi connectivity index (χ1n) is 7.79. The van der Waals surface area contributed by atoms with Crippen LogP contribution in [0.15, 0.2) is 6.20 Å². The van der Waals surface area contributed by atoms with Gasteiger partial charge >= 0.3 is 12.3 Å². The molecule has 9 heteroatoms. The molecule has 1 amide bonds. The van der Waals surface area contributed by atoms with E-state index in [0.29, 0.717) is 31.0 Å². The Hall–Kier alpha value is -1.51. The lowest BCUT2D eigenvalue weighted by molar-refractivity contribution is -0.134. The molecule has 0 spiro atoms. The third-order valence-electron chi connectivity index (χ3n) is 3.50. The van der Waals surface area contributed by atoms with Gasteiger partial charge in [0.2, 0.25) is 0 Å². The molecule has 1 fully saturated rings. The highest BCUT2D eigenvalue weighted by Gasteiger charge is 2.33. The van der Waals surface area contributed by atoms with Gasteiger partial charge in [-0.05, 0) is 39.5 Å². The Labute approximate surface area is 143 Å². The van der Waals surface area contributed by atoms with Gasteiger partial charge in [0, 0.05) is 19.6 Å². The third-order valence-corrected chi connectivity index (χ3v) is 4.50. The zero-order chi connectivity index (χ0) is 18.0. The van der Waals surface area contributed by atoms with E-state index in [1.807, 2.05) is 20.8 Å². The summed E-state index contributed by atoms with van der Waals surface area (Å²) in [6.45, 7) is 7.09. The largest absolute Gasteiger partial charge is 0.444 e. The number of amides is 1. The van der Waals surface area contributed by atoms with Crippen molar-refractivity contribution in [1.29, 1.82) is 0 Å². The van der Waals surface area contributed by atoms with Gasteiger partial charge in [0.05, 0.1) is 6.20 Å². The van der Waals surface area contributed by atoms with E-state index in [-0.39, 0.29) is 17.1 Å². The smallest absolute Gasteiger partial charge is 0.427 e. The SMILES string of the molecule is CC(C)(C)OC(=O)N1CCCC(CNc2ncc(C(F)(F)F)s2)C1. The molecule has 5 nitrogen and oxygen atoms in total. The number of likely N-dealkylation sites (tertiary alicyclic amines) is 1. The molecule has 24 heavy (non-hydrogen) atoms. The Bertz CT molecular complexity index is 569. The van der Waals surface area contributed by atoms with Gasteiger partial charge in [-0.1, -0.05) is 11.3 Å². The van der Waals surface area contributed by atoms with Crippen LogP contribution in [-0.4, -0.2) is 41.2 Å². The number of hydrogen-bond donors (Lipinski definition) is 1. The molecular weight excluding hydrogens is 343 g/mol. The number of ether oxygens (including phenoxy) is 1. The molecule has 0 aliphatic carbocycles. The first-order valence-corrected chi connectivity index (χ1v) is 8.61. The number of alkyl halides is 3. The number of nitrogens with one attached hydrogen (secondary N) is 1. The topological polar surface area (TPSA) is 54.5 Å². The van der Waals surface area contributed by atoms with Crippen molar-refractivity contribution in [2.75, 3.05) is 25.0 Å². The molecule has 1 aliphatic heterocycles. The number of anilines is 1. The van der Waals surface area contributed by atoms with E-state index in [1.165, 1.54) is 0 Å². The van der Waals surface area contributed by atoms with Crippen molar-refractivity contribution in [3.8, 4) is 0 Å². The number of piperidine rings is 1. The third kappa shape index (κ3) is 5.54. The van der Waals surface area contributed by atoms with Crippen LogP contribution in [0.4, 0.5) is 23.1 Å². The van der Waals surface area contributed by atoms with E-state index in [4.69, 9.17) is 4.74 Å². The zero-order valence-corrected chi connectivity index (χ0v) is 14.8. The second kappa shape index (κ2) is 7.16. The minimum absolute atomic E-state index is 0.157. The van der Waals surface area contributed by atoms with Gasteiger partial charge in [-0.3, -0.25) is 0 Å². The summed E-state index contributed by atoms with van der Waals surface area (Å²) in [5.74, 6) is 0.157. The van der Waals surface area contributed by atoms with E-state index in [0.717, 1.165) is 19.0 Å². The molecule has 1 saturated heterocycles. The van der Waals surface area contributed by atoms with Gasteiger partial charge in [-0.25, -0.2) is 9.78 Å². The maximum absolute atomic E-state index is 12.6. The molecule has 0 saturated carbocycles. The van der Waals surface area contributed by atoms with E-state index < -0.39 is 16.7 Å². The normalized spacial score (nSPS) is 19.2. The summed E-state index contributed by atoms with van der Waals surface area (Å²) in [6, 6.07) is 0. The molecule has 0 radical (unpaired) electrons. The fourth-order valence-corrected chi connectivity index (χ4v) is 3.13. The lowest BCUT2D eigenvalue weighted by Gasteiger charge is -2.34. The number of rotatable bonds is 3. The van der Waals surface area contributed by atoms with Crippen LogP contribution in [0, 0.1) is 5.92 Å². The molecule has 0 bridgehead atoms. The number of thiazole rings is 1. The Balaban J connectivity index is 1.85. The van der Waals surface area contributed by atoms with Crippen molar-refractivity contribution >= 4 is 22.6 Å². The van der Waals surface area contributed by atoms with Crippen LogP contribution in [0.1, 0.15) is 38.5 Å². The molecule has 1 unspecified atom stereocenters. The number of aromatic nitrogens is 1. The van der Waals surface area contributed by atoms with Gasteiger partial charge in [-0.15, -0.1) is 0 Å². The van der Waals surface area contributed by atoms with E-state index >= 15 is 0 Å². The maximum Gasteiger partial charge on any atom is 0.427 e. The van der Waals surface area contributed by atoms with Crippen molar-refractivity contribution in [3.05, 3.63) is 11.1 Å². The van der Waals surface area contributed by atoms with Gasteiger partial charge in [0.15, 0.2) is 5.13 Å². The highest BCUT2D eigenvalue weighted by molar-refractivity contribution is 7.15. The van der Waals surface area contributed by atoms with Crippen LogP contribution in [0.25, 0.3) is 0 Å². The Morgan fingerprint density at radius 1 is 1.46 bits per heavy atom. The lowest BCUT2D eigenvalue weighted by Crippen LogP contribution is -2.44. The van der Waals surface area contributed by atoms with Crippen LogP contribution in [0.3, 0.4) is 0 Å². The van der Waals surface area contributed by atoms with Crippen molar-refractivity contribution in [2.45, 2.75) is 45.4 Å². The zero-order valence-electron chi connectivity index (χ0n) is 13.9. The summed E-state index contributed by atoms with van der Waals surface area (Å²) in [5.41, 5.74) is -0.544. The van der Waals surface area contributed by atoms with Crippen LogP contribution in [-0.2, 0) is 10.9 Å². The molecule has 1 aromatic heterocycles. The molecule has 136 valence electrons. The monoisotopic (exact) mass is 365 g/mol. The predicted octanol–water partition coefficient (Wildman–Crippen LogP) is 4.22. The van der Waals surface area contributed by atoms with Crippen molar-refractivity contribution in [2.24, 2.45) is 5.92 Å². The Morgan fingerprint density at radius 3 is 2.75 bits per heavy atom. The van der Waals surface area contributed by atoms with Gasteiger partial charge in [0.25, 0.3) is 0 Å². The number of hydrogen-bond acceptors (Lipinski definition) is 5. The van der Waals surface area contributed by atoms with Crippen LogP contribution in [0.5, 0.6) is 0 Å². The fourth-order valence-electron chi connectivity index (χ4n) is 2.44. The number of halogens is 3. The van der Waals surface area contributed by atoms with Crippen molar-refractivity contribution < 1.29 is 22.7 Å². The molecule has 2 rings (SSSR count). The van der Waals surface area contributed by atoms with Gasteiger partial charge in [0.1, 0.15) is 10.5 Å². The number of nitrogens with zero attached hydrogens (tertiary/aromatic N) is 2. The second-order valence-corrected chi connectivity index (χ2v) is 7.87. The van der Waals surface area contributed by atoms with Gasteiger partial charge < -0.3 is 15.0 Å². The molecule has 1 aliphatic rings. The van der Waals surface area contributed by atoms with Crippen LogP contribution < -0.4 is 5.32 Å². The van der Waals surface area contributed by atoms with Gasteiger partial charge in [-0.2, -0.15) is 13.2 Å². The molecular formula is C15H22F3N3O2S. The van der Waals surface area contributed by atoms with Crippen molar-refractivity contribution in [1.82, 2.24) is 9.88 Å². The first-order chi connectivity index (χ1) is 11.0.